The van der Waals surface area contributed by atoms with Gasteiger partial charge in [0.25, 0.3) is 0 Å². The van der Waals surface area contributed by atoms with Gasteiger partial charge in [-0.3, -0.25) is 0 Å². The SMILES string of the molecule is CNc1nc(C)cc(OC(C)(C)C)n1. The van der Waals surface area contributed by atoms with E-state index in [1.54, 1.807) is 7.05 Å². The van der Waals surface area contributed by atoms with Gasteiger partial charge in [-0.05, 0) is 27.7 Å². The Balaban J connectivity index is 2.92. The Kier molecular flexibility index (Phi) is 2.93. The van der Waals surface area contributed by atoms with E-state index >= 15 is 0 Å². The largest absolute Gasteiger partial charge is 0.472 e. The van der Waals surface area contributed by atoms with Gasteiger partial charge in [-0.25, -0.2) is 4.98 Å². The monoisotopic (exact) mass is 195 g/mol. The highest BCUT2D eigenvalue weighted by Gasteiger charge is 2.13. The molecule has 4 heteroatoms. The van der Waals surface area contributed by atoms with Crippen molar-refractivity contribution in [2.24, 2.45) is 0 Å². The number of nitrogens with one attached hydrogen (secondary N) is 1. The predicted molar refractivity (Wildman–Crippen MR) is 56.7 cm³/mol. The molecule has 0 aliphatic carbocycles. The summed E-state index contributed by atoms with van der Waals surface area (Å²) in [6, 6.07) is 1.83. The van der Waals surface area contributed by atoms with Gasteiger partial charge in [0.2, 0.25) is 11.8 Å². The van der Waals surface area contributed by atoms with Crippen molar-refractivity contribution in [3.63, 3.8) is 0 Å². The van der Waals surface area contributed by atoms with Crippen molar-refractivity contribution in [3.8, 4) is 5.88 Å². The summed E-state index contributed by atoms with van der Waals surface area (Å²) in [5, 5.41) is 2.89. The van der Waals surface area contributed by atoms with E-state index in [2.05, 4.69) is 15.3 Å². The van der Waals surface area contributed by atoms with Crippen LogP contribution in [0.3, 0.4) is 0 Å². The maximum atomic E-state index is 5.63. The minimum absolute atomic E-state index is 0.230. The second-order valence-corrected chi connectivity index (χ2v) is 4.14. The standard InChI is InChI=1S/C10H17N3O/c1-7-6-8(14-10(2,3)4)13-9(11-5)12-7/h6H,1-5H3,(H,11,12,13). The van der Waals surface area contributed by atoms with Gasteiger partial charge in [-0.2, -0.15) is 4.98 Å². The molecule has 4 nitrogen and oxygen atoms in total. The average Bonchev–Trinajstić information content (AvgIpc) is 1.99. The third kappa shape index (κ3) is 3.20. The van der Waals surface area contributed by atoms with Crippen molar-refractivity contribution in [1.82, 2.24) is 9.97 Å². The molecular formula is C10H17N3O. The lowest BCUT2D eigenvalue weighted by Gasteiger charge is -2.20. The molecule has 0 aliphatic rings. The zero-order chi connectivity index (χ0) is 10.8. The first-order valence-electron chi connectivity index (χ1n) is 4.63. The van der Waals surface area contributed by atoms with E-state index < -0.39 is 0 Å². The van der Waals surface area contributed by atoms with Crippen LogP contribution >= 0.6 is 0 Å². The van der Waals surface area contributed by atoms with E-state index in [9.17, 15) is 0 Å². The summed E-state index contributed by atoms with van der Waals surface area (Å²) in [6.07, 6.45) is 0. The van der Waals surface area contributed by atoms with Crippen LogP contribution in [0.15, 0.2) is 6.07 Å². The Hall–Kier alpha value is -1.32. The molecule has 1 heterocycles. The number of aromatic nitrogens is 2. The first-order valence-corrected chi connectivity index (χ1v) is 4.63. The van der Waals surface area contributed by atoms with Crippen molar-refractivity contribution < 1.29 is 4.74 Å². The average molecular weight is 195 g/mol. The number of ether oxygens (including phenoxy) is 1. The van der Waals surface area contributed by atoms with Crippen LogP contribution in [-0.2, 0) is 0 Å². The zero-order valence-corrected chi connectivity index (χ0v) is 9.38. The van der Waals surface area contributed by atoms with Crippen LogP contribution < -0.4 is 10.1 Å². The summed E-state index contributed by atoms with van der Waals surface area (Å²) in [4.78, 5) is 8.37. The van der Waals surface area contributed by atoms with E-state index in [1.807, 2.05) is 33.8 Å². The second-order valence-electron chi connectivity index (χ2n) is 4.14. The number of aryl methyl sites for hydroxylation is 1. The summed E-state index contributed by atoms with van der Waals surface area (Å²) in [7, 11) is 1.79. The molecule has 0 bridgehead atoms. The molecule has 1 aromatic heterocycles. The maximum absolute atomic E-state index is 5.63. The van der Waals surface area contributed by atoms with Crippen LogP contribution in [0.4, 0.5) is 5.95 Å². The number of anilines is 1. The second kappa shape index (κ2) is 3.82. The van der Waals surface area contributed by atoms with Crippen molar-refractivity contribution in [2.75, 3.05) is 12.4 Å². The normalized spacial score (nSPS) is 11.2. The Morgan fingerprint density at radius 2 is 1.93 bits per heavy atom. The van der Waals surface area contributed by atoms with E-state index in [0.29, 0.717) is 11.8 Å². The fourth-order valence-electron chi connectivity index (χ4n) is 1.02. The highest BCUT2D eigenvalue weighted by Crippen LogP contribution is 2.17. The molecule has 0 unspecified atom stereocenters. The maximum Gasteiger partial charge on any atom is 0.225 e. The van der Waals surface area contributed by atoms with E-state index in [4.69, 9.17) is 4.74 Å². The van der Waals surface area contributed by atoms with Gasteiger partial charge in [-0.15, -0.1) is 0 Å². The zero-order valence-electron chi connectivity index (χ0n) is 9.38. The highest BCUT2D eigenvalue weighted by molar-refractivity contribution is 5.29. The fourth-order valence-corrected chi connectivity index (χ4v) is 1.02. The molecule has 0 amide bonds. The van der Waals surface area contributed by atoms with Gasteiger partial charge in [0.1, 0.15) is 5.60 Å². The van der Waals surface area contributed by atoms with Crippen LogP contribution in [-0.4, -0.2) is 22.6 Å². The van der Waals surface area contributed by atoms with Gasteiger partial charge in [0, 0.05) is 18.8 Å². The molecule has 0 aliphatic heterocycles. The predicted octanol–water partition coefficient (Wildman–Crippen LogP) is 2.00. The van der Waals surface area contributed by atoms with Gasteiger partial charge in [-0.1, -0.05) is 0 Å². The summed E-state index contributed by atoms with van der Waals surface area (Å²) in [6.45, 7) is 7.88. The quantitative estimate of drug-likeness (QED) is 0.784. The molecule has 14 heavy (non-hydrogen) atoms. The van der Waals surface area contributed by atoms with E-state index in [-0.39, 0.29) is 5.60 Å². The van der Waals surface area contributed by atoms with Gasteiger partial charge < -0.3 is 10.1 Å². The fraction of sp³-hybridized carbons (Fsp3) is 0.600. The molecule has 1 aromatic rings. The van der Waals surface area contributed by atoms with Crippen LogP contribution in [0.2, 0.25) is 0 Å². The summed E-state index contributed by atoms with van der Waals surface area (Å²) in [5.74, 6) is 1.19. The first kappa shape index (κ1) is 10.8. The van der Waals surface area contributed by atoms with Crippen LogP contribution in [0.1, 0.15) is 26.5 Å². The van der Waals surface area contributed by atoms with Crippen molar-refractivity contribution in [1.29, 1.82) is 0 Å². The topological polar surface area (TPSA) is 47.0 Å². The Bertz CT molecular complexity index is 318. The molecular weight excluding hydrogens is 178 g/mol. The summed E-state index contributed by atoms with van der Waals surface area (Å²) < 4.78 is 5.63. The van der Waals surface area contributed by atoms with Crippen LogP contribution in [0.25, 0.3) is 0 Å². The molecule has 0 saturated carbocycles. The molecule has 1 rings (SSSR count). The molecule has 78 valence electrons. The summed E-state index contributed by atoms with van der Waals surface area (Å²) >= 11 is 0. The lowest BCUT2D eigenvalue weighted by atomic mass is 10.2. The summed E-state index contributed by atoms with van der Waals surface area (Å²) in [5.41, 5.74) is 0.662. The van der Waals surface area contributed by atoms with Gasteiger partial charge >= 0.3 is 0 Å². The highest BCUT2D eigenvalue weighted by atomic mass is 16.5. The van der Waals surface area contributed by atoms with Crippen molar-refractivity contribution in [2.45, 2.75) is 33.3 Å². The van der Waals surface area contributed by atoms with Gasteiger partial charge in [0.05, 0.1) is 0 Å². The first-order chi connectivity index (χ1) is 6.40. The molecule has 0 spiro atoms. The Labute approximate surface area is 84.7 Å². The van der Waals surface area contributed by atoms with E-state index in [1.165, 1.54) is 0 Å². The molecule has 0 atom stereocenters. The molecule has 0 aromatic carbocycles. The van der Waals surface area contributed by atoms with Gasteiger partial charge in [0.15, 0.2) is 0 Å². The number of hydrogen-bond acceptors (Lipinski definition) is 4. The third-order valence-electron chi connectivity index (χ3n) is 1.47. The number of hydrogen-bond donors (Lipinski definition) is 1. The lowest BCUT2D eigenvalue weighted by molar-refractivity contribution is 0.124. The lowest BCUT2D eigenvalue weighted by Crippen LogP contribution is -2.23. The number of nitrogens with zero attached hydrogens (tertiary/aromatic N) is 2. The van der Waals surface area contributed by atoms with E-state index in [0.717, 1.165) is 5.69 Å². The molecule has 0 saturated heterocycles. The third-order valence-corrected chi connectivity index (χ3v) is 1.47. The number of rotatable bonds is 2. The minimum Gasteiger partial charge on any atom is -0.472 e. The molecule has 0 radical (unpaired) electrons. The smallest absolute Gasteiger partial charge is 0.225 e. The molecule has 1 N–H and O–H groups in total. The van der Waals surface area contributed by atoms with Crippen LogP contribution in [0, 0.1) is 6.92 Å². The molecule has 0 fully saturated rings. The van der Waals surface area contributed by atoms with Crippen LogP contribution in [0.5, 0.6) is 5.88 Å². The van der Waals surface area contributed by atoms with Crippen molar-refractivity contribution >= 4 is 5.95 Å². The Morgan fingerprint density at radius 1 is 1.29 bits per heavy atom. The van der Waals surface area contributed by atoms with Crippen molar-refractivity contribution in [3.05, 3.63) is 11.8 Å². The Morgan fingerprint density at radius 3 is 2.43 bits per heavy atom. The minimum atomic E-state index is -0.230.